The van der Waals surface area contributed by atoms with Crippen LogP contribution in [0.3, 0.4) is 0 Å². The second-order valence-electron chi connectivity index (χ2n) is 7.56. The topological polar surface area (TPSA) is 55.8 Å². The van der Waals surface area contributed by atoms with Crippen LogP contribution in [0, 0.1) is 10.8 Å². The molecule has 120 valence electrons. The van der Waals surface area contributed by atoms with Crippen molar-refractivity contribution < 1.29 is 18.5 Å². The minimum absolute atomic E-state index is 0.159. The molecule has 0 radical (unpaired) electrons. The Hall–Kier alpha value is -0.670. The van der Waals surface area contributed by atoms with Gasteiger partial charge in [-0.3, -0.25) is 9.05 Å². The van der Waals surface area contributed by atoms with Crippen molar-refractivity contribution in [1.29, 1.82) is 0 Å². The van der Waals surface area contributed by atoms with Gasteiger partial charge in [-0.25, -0.2) is 4.57 Å². The van der Waals surface area contributed by atoms with Gasteiger partial charge in [-0.2, -0.15) is 0 Å². The molecule has 0 heterocycles. The summed E-state index contributed by atoms with van der Waals surface area (Å²) in [6, 6.07) is 9.45. The molecule has 0 aliphatic rings. The average Bonchev–Trinajstić information content (AvgIpc) is 2.33. The molecular weight excluding hydrogens is 287 g/mol. The molecular formula is C16H27O4P. The summed E-state index contributed by atoms with van der Waals surface area (Å²) in [7, 11) is -4.11. The van der Waals surface area contributed by atoms with Crippen LogP contribution in [0.15, 0.2) is 30.3 Å². The summed E-state index contributed by atoms with van der Waals surface area (Å²) in [4.78, 5) is 9.98. The van der Waals surface area contributed by atoms with Crippen molar-refractivity contribution in [2.45, 2.75) is 47.6 Å². The molecule has 4 nitrogen and oxygen atoms in total. The van der Waals surface area contributed by atoms with E-state index < -0.39 is 13.9 Å². The van der Waals surface area contributed by atoms with Crippen LogP contribution >= 0.6 is 7.82 Å². The fourth-order valence-corrected chi connectivity index (χ4v) is 3.10. The molecule has 0 spiro atoms. The molecule has 0 bridgehead atoms. The molecule has 0 saturated heterocycles. The van der Waals surface area contributed by atoms with Gasteiger partial charge in [-0.15, -0.1) is 0 Å². The van der Waals surface area contributed by atoms with Crippen molar-refractivity contribution in [2.24, 2.45) is 10.8 Å². The van der Waals surface area contributed by atoms with Crippen LogP contribution in [0.25, 0.3) is 0 Å². The highest BCUT2D eigenvalue weighted by Crippen LogP contribution is 2.53. The predicted molar refractivity (Wildman–Crippen MR) is 85.0 cm³/mol. The Kier molecular flexibility index (Phi) is 5.79. The van der Waals surface area contributed by atoms with Gasteiger partial charge in [-0.1, -0.05) is 71.9 Å². The number of rotatable bonds is 5. The van der Waals surface area contributed by atoms with Crippen molar-refractivity contribution in [3.8, 4) is 0 Å². The molecule has 1 aromatic rings. The Morgan fingerprint density at radius 2 is 1.62 bits per heavy atom. The van der Waals surface area contributed by atoms with Crippen LogP contribution in [0.1, 0.15) is 53.2 Å². The summed E-state index contributed by atoms with van der Waals surface area (Å²) in [6.07, 6.45) is -0.519. The first-order valence-corrected chi connectivity index (χ1v) is 8.61. The minimum atomic E-state index is -4.11. The Bertz CT molecular complexity index is 485. The highest BCUT2D eigenvalue weighted by molar-refractivity contribution is 7.47. The molecule has 5 heteroatoms. The van der Waals surface area contributed by atoms with Gasteiger partial charge in [-0.05, 0) is 16.4 Å². The highest BCUT2D eigenvalue weighted by atomic mass is 31.2. The van der Waals surface area contributed by atoms with Crippen molar-refractivity contribution in [3.05, 3.63) is 35.9 Å². The predicted octanol–water partition coefficient (Wildman–Crippen LogP) is 4.95. The Morgan fingerprint density at radius 1 is 1.10 bits per heavy atom. The van der Waals surface area contributed by atoms with Gasteiger partial charge >= 0.3 is 7.82 Å². The first-order chi connectivity index (χ1) is 9.41. The number of hydrogen-bond donors (Lipinski definition) is 1. The fourth-order valence-electron chi connectivity index (χ4n) is 1.79. The van der Waals surface area contributed by atoms with Crippen molar-refractivity contribution in [2.75, 3.05) is 6.61 Å². The van der Waals surface area contributed by atoms with Gasteiger partial charge in [0.05, 0.1) is 12.7 Å². The second-order valence-corrected chi connectivity index (χ2v) is 8.97. The summed E-state index contributed by atoms with van der Waals surface area (Å²) in [5.74, 6) is 0. The summed E-state index contributed by atoms with van der Waals surface area (Å²) in [5.41, 5.74) is 0.329. The van der Waals surface area contributed by atoms with Crippen LogP contribution in [0.4, 0.5) is 0 Å². The third kappa shape index (κ3) is 6.75. The van der Waals surface area contributed by atoms with E-state index in [0.29, 0.717) is 0 Å². The van der Waals surface area contributed by atoms with Crippen LogP contribution in [0.2, 0.25) is 0 Å². The first-order valence-electron chi connectivity index (χ1n) is 7.11. The molecule has 0 fully saturated rings. The molecule has 2 unspecified atom stereocenters. The molecule has 1 aromatic carbocycles. The quantitative estimate of drug-likeness (QED) is 0.781. The van der Waals surface area contributed by atoms with Crippen LogP contribution in [-0.2, 0) is 13.6 Å². The van der Waals surface area contributed by atoms with E-state index in [-0.39, 0.29) is 17.4 Å². The summed E-state index contributed by atoms with van der Waals surface area (Å²) < 4.78 is 22.8. The lowest BCUT2D eigenvalue weighted by Crippen LogP contribution is -2.22. The van der Waals surface area contributed by atoms with E-state index in [1.54, 1.807) is 0 Å². The SMILES string of the molecule is CC(C)(C)COP(=O)(O)OC(c1ccccc1)C(C)(C)C. The number of hydrogen-bond acceptors (Lipinski definition) is 3. The molecule has 0 aliphatic heterocycles. The van der Waals surface area contributed by atoms with E-state index in [9.17, 15) is 9.46 Å². The second kappa shape index (κ2) is 6.62. The molecule has 0 aliphatic carbocycles. The molecule has 1 rings (SSSR count). The van der Waals surface area contributed by atoms with Crippen molar-refractivity contribution in [3.63, 3.8) is 0 Å². The van der Waals surface area contributed by atoms with E-state index in [1.165, 1.54) is 0 Å². The van der Waals surface area contributed by atoms with Gasteiger partial charge < -0.3 is 4.89 Å². The van der Waals surface area contributed by atoms with Crippen LogP contribution < -0.4 is 0 Å². The summed E-state index contributed by atoms with van der Waals surface area (Å²) in [6.45, 7) is 11.9. The number of benzene rings is 1. The van der Waals surface area contributed by atoms with E-state index in [1.807, 2.05) is 71.9 Å². The maximum Gasteiger partial charge on any atom is 0.472 e. The van der Waals surface area contributed by atoms with Crippen molar-refractivity contribution in [1.82, 2.24) is 0 Å². The highest BCUT2D eigenvalue weighted by Gasteiger charge is 2.35. The average molecular weight is 314 g/mol. The molecule has 0 amide bonds. The fraction of sp³-hybridized carbons (Fsp3) is 0.625. The largest absolute Gasteiger partial charge is 0.472 e. The lowest BCUT2D eigenvalue weighted by molar-refractivity contribution is 0.0294. The van der Waals surface area contributed by atoms with Gasteiger partial charge in [0.1, 0.15) is 0 Å². The minimum Gasteiger partial charge on any atom is -0.302 e. The molecule has 1 N–H and O–H groups in total. The number of phosphoric acid groups is 1. The molecule has 21 heavy (non-hydrogen) atoms. The Morgan fingerprint density at radius 3 is 2.05 bits per heavy atom. The van der Waals surface area contributed by atoms with E-state index in [4.69, 9.17) is 9.05 Å². The Labute approximate surface area is 128 Å². The smallest absolute Gasteiger partial charge is 0.302 e. The summed E-state index contributed by atoms with van der Waals surface area (Å²) >= 11 is 0. The zero-order valence-electron chi connectivity index (χ0n) is 13.8. The molecule has 0 saturated carbocycles. The van der Waals surface area contributed by atoms with Gasteiger partial charge in [0.25, 0.3) is 0 Å². The van der Waals surface area contributed by atoms with E-state index in [2.05, 4.69) is 0 Å². The van der Waals surface area contributed by atoms with Crippen molar-refractivity contribution >= 4 is 7.82 Å². The summed E-state index contributed by atoms with van der Waals surface area (Å²) in [5, 5.41) is 0. The normalized spacial score (nSPS) is 17.3. The van der Waals surface area contributed by atoms with E-state index >= 15 is 0 Å². The zero-order valence-corrected chi connectivity index (χ0v) is 14.7. The Balaban J connectivity index is 2.90. The maximum atomic E-state index is 12.2. The van der Waals surface area contributed by atoms with Gasteiger partial charge in [0.2, 0.25) is 0 Å². The van der Waals surface area contributed by atoms with E-state index in [0.717, 1.165) is 5.56 Å². The zero-order chi connectivity index (χ0) is 16.3. The monoisotopic (exact) mass is 314 g/mol. The molecule has 2 atom stereocenters. The standard InChI is InChI=1S/C16H27O4P/c1-15(2,3)12-19-21(17,18)20-14(16(4,5)6)13-10-8-7-9-11-13/h7-11,14H,12H2,1-6H3,(H,17,18). The molecule has 0 aromatic heterocycles. The third-order valence-electron chi connectivity index (χ3n) is 2.79. The van der Waals surface area contributed by atoms with Crippen LogP contribution in [-0.4, -0.2) is 11.5 Å². The van der Waals surface area contributed by atoms with Gasteiger partial charge in [0.15, 0.2) is 0 Å². The maximum absolute atomic E-state index is 12.2. The third-order valence-corrected chi connectivity index (χ3v) is 3.72. The van der Waals surface area contributed by atoms with Gasteiger partial charge in [0, 0.05) is 0 Å². The lowest BCUT2D eigenvalue weighted by atomic mass is 9.85. The number of phosphoric ester groups is 1. The van der Waals surface area contributed by atoms with Crippen LogP contribution in [0.5, 0.6) is 0 Å². The lowest BCUT2D eigenvalue weighted by Gasteiger charge is -2.32. The first kappa shape index (κ1) is 18.4.